The van der Waals surface area contributed by atoms with Gasteiger partial charge in [-0.15, -0.1) is 0 Å². The number of hydrogen-bond donors (Lipinski definition) is 0. The summed E-state index contributed by atoms with van der Waals surface area (Å²) in [6.07, 6.45) is 9.21. The van der Waals surface area contributed by atoms with Crippen molar-refractivity contribution < 1.29 is 4.74 Å². The summed E-state index contributed by atoms with van der Waals surface area (Å²) in [7, 11) is 0. The van der Waals surface area contributed by atoms with Crippen LogP contribution in [0.2, 0.25) is 0 Å². The number of fused-ring (bicyclic) bond motifs is 3. The zero-order chi connectivity index (χ0) is 15.5. The Labute approximate surface area is 140 Å². The van der Waals surface area contributed by atoms with E-state index in [1.807, 2.05) is 0 Å². The van der Waals surface area contributed by atoms with Crippen LogP contribution in [0.25, 0.3) is 0 Å². The van der Waals surface area contributed by atoms with Crippen LogP contribution in [0.5, 0.6) is 5.75 Å². The van der Waals surface area contributed by atoms with Crippen LogP contribution in [0, 0.1) is 0 Å². The van der Waals surface area contributed by atoms with Crippen LogP contribution in [0.15, 0.2) is 18.2 Å². The van der Waals surface area contributed by atoms with Gasteiger partial charge in [0.2, 0.25) is 0 Å². The van der Waals surface area contributed by atoms with E-state index in [4.69, 9.17) is 4.74 Å². The molecular formula is C20H30N2O. The van der Waals surface area contributed by atoms with Gasteiger partial charge in [-0.2, -0.15) is 0 Å². The molecule has 23 heavy (non-hydrogen) atoms. The lowest BCUT2D eigenvalue weighted by Crippen LogP contribution is -2.31. The quantitative estimate of drug-likeness (QED) is 0.772. The fourth-order valence-corrected chi connectivity index (χ4v) is 4.57. The third-order valence-corrected chi connectivity index (χ3v) is 5.84. The van der Waals surface area contributed by atoms with Crippen LogP contribution in [0.1, 0.15) is 55.7 Å². The topological polar surface area (TPSA) is 15.7 Å². The van der Waals surface area contributed by atoms with E-state index in [2.05, 4.69) is 28.0 Å². The third-order valence-electron chi connectivity index (χ3n) is 5.84. The summed E-state index contributed by atoms with van der Waals surface area (Å²) in [6, 6.07) is 7.49. The summed E-state index contributed by atoms with van der Waals surface area (Å²) >= 11 is 0. The highest BCUT2D eigenvalue weighted by Gasteiger charge is 2.31. The fraction of sp³-hybridized carbons (Fsp3) is 0.700. The van der Waals surface area contributed by atoms with E-state index in [0.29, 0.717) is 6.04 Å². The highest BCUT2D eigenvalue weighted by Crippen LogP contribution is 2.38. The van der Waals surface area contributed by atoms with E-state index in [0.717, 1.165) is 18.8 Å². The maximum absolute atomic E-state index is 6.07. The SMILES string of the molecule is c1cc2c(cc1OCCCN1CCCCC1)C1CCCN1CC2. The van der Waals surface area contributed by atoms with E-state index in [-0.39, 0.29) is 0 Å². The minimum Gasteiger partial charge on any atom is -0.494 e. The first-order valence-corrected chi connectivity index (χ1v) is 9.62. The van der Waals surface area contributed by atoms with Crippen molar-refractivity contribution in [3.05, 3.63) is 29.3 Å². The van der Waals surface area contributed by atoms with Crippen LogP contribution in [0.4, 0.5) is 0 Å². The molecule has 0 radical (unpaired) electrons. The Morgan fingerprint density at radius 2 is 1.91 bits per heavy atom. The first-order chi connectivity index (χ1) is 11.4. The summed E-state index contributed by atoms with van der Waals surface area (Å²) in [5.74, 6) is 1.08. The van der Waals surface area contributed by atoms with Gasteiger partial charge < -0.3 is 9.64 Å². The van der Waals surface area contributed by atoms with Gasteiger partial charge in [-0.3, -0.25) is 4.90 Å². The van der Waals surface area contributed by atoms with Crippen molar-refractivity contribution in [1.82, 2.24) is 9.80 Å². The normalized spacial score (nSPS) is 25.1. The summed E-state index contributed by atoms with van der Waals surface area (Å²) < 4.78 is 6.07. The maximum atomic E-state index is 6.07. The molecule has 3 heteroatoms. The molecule has 0 bridgehead atoms. The Kier molecular flexibility index (Phi) is 4.86. The lowest BCUT2D eigenvalue weighted by Gasteiger charge is -2.32. The summed E-state index contributed by atoms with van der Waals surface area (Å²) in [5.41, 5.74) is 3.09. The van der Waals surface area contributed by atoms with Gasteiger partial charge >= 0.3 is 0 Å². The monoisotopic (exact) mass is 314 g/mol. The van der Waals surface area contributed by atoms with Crippen molar-refractivity contribution in [3.8, 4) is 5.75 Å². The molecule has 0 saturated carbocycles. The van der Waals surface area contributed by atoms with E-state index in [9.17, 15) is 0 Å². The molecule has 3 aliphatic rings. The molecular weight excluding hydrogens is 284 g/mol. The molecule has 126 valence electrons. The van der Waals surface area contributed by atoms with Gasteiger partial charge in [0.25, 0.3) is 0 Å². The van der Waals surface area contributed by atoms with Crippen LogP contribution in [-0.4, -0.2) is 49.1 Å². The van der Waals surface area contributed by atoms with Gasteiger partial charge in [-0.25, -0.2) is 0 Å². The summed E-state index contributed by atoms with van der Waals surface area (Å²) in [5, 5.41) is 0. The molecule has 1 unspecified atom stereocenters. The molecule has 2 saturated heterocycles. The molecule has 3 aliphatic heterocycles. The van der Waals surface area contributed by atoms with Crippen molar-refractivity contribution >= 4 is 0 Å². The predicted molar refractivity (Wildman–Crippen MR) is 94.1 cm³/mol. The summed E-state index contributed by atoms with van der Waals surface area (Å²) in [4.78, 5) is 5.25. The average Bonchev–Trinajstić information content (AvgIpc) is 3.09. The van der Waals surface area contributed by atoms with Gasteiger partial charge in [0.15, 0.2) is 0 Å². The maximum Gasteiger partial charge on any atom is 0.119 e. The largest absolute Gasteiger partial charge is 0.494 e. The van der Waals surface area contributed by atoms with Gasteiger partial charge in [0.1, 0.15) is 5.75 Å². The van der Waals surface area contributed by atoms with Gasteiger partial charge in [-0.1, -0.05) is 12.5 Å². The second kappa shape index (κ2) is 7.23. The van der Waals surface area contributed by atoms with Crippen molar-refractivity contribution in [2.45, 2.75) is 51.0 Å². The molecule has 1 aromatic carbocycles. The van der Waals surface area contributed by atoms with Crippen LogP contribution in [0.3, 0.4) is 0 Å². The Bertz CT molecular complexity index is 524. The van der Waals surface area contributed by atoms with Gasteiger partial charge in [-0.05, 0) is 81.4 Å². The van der Waals surface area contributed by atoms with Crippen molar-refractivity contribution in [3.63, 3.8) is 0 Å². The van der Waals surface area contributed by atoms with Crippen molar-refractivity contribution in [2.75, 3.05) is 39.3 Å². The average molecular weight is 314 g/mol. The number of nitrogens with zero attached hydrogens (tertiary/aromatic N) is 2. The number of piperidine rings is 1. The first-order valence-electron chi connectivity index (χ1n) is 9.62. The van der Waals surface area contributed by atoms with Gasteiger partial charge in [0.05, 0.1) is 6.61 Å². The molecule has 2 fully saturated rings. The first kappa shape index (κ1) is 15.5. The van der Waals surface area contributed by atoms with E-state index in [1.54, 1.807) is 11.1 Å². The number of likely N-dealkylation sites (tertiary alicyclic amines) is 1. The highest BCUT2D eigenvalue weighted by molar-refractivity contribution is 5.39. The number of ether oxygens (including phenoxy) is 1. The molecule has 0 aliphatic carbocycles. The standard InChI is InChI=1S/C20H30N2O/c1-2-10-21(11-3-1)12-5-15-23-18-8-7-17-9-14-22-13-4-6-20(22)19(17)16-18/h7-8,16,20H,1-6,9-15H2. The molecule has 1 atom stereocenters. The number of rotatable bonds is 5. The fourth-order valence-electron chi connectivity index (χ4n) is 4.57. The summed E-state index contributed by atoms with van der Waals surface area (Å²) in [6.45, 7) is 7.15. The smallest absolute Gasteiger partial charge is 0.119 e. The minimum atomic E-state index is 0.663. The molecule has 1 aromatic rings. The molecule has 0 amide bonds. The molecule has 0 aromatic heterocycles. The van der Waals surface area contributed by atoms with Crippen LogP contribution < -0.4 is 4.74 Å². The zero-order valence-electron chi connectivity index (χ0n) is 14.3. The number of hydrogen-bond acceptors (Lipinski definition) is 3. The lowest BCUT2D eigenvalue weighted by molar-refractivity contribution is 0.204. The highest BCUT2D eigenvalue weighted by atomic mass is 16.5. The zero-order valence-corrected chi connectivity index (χ0v) is 14.3. The second-order valence-electron chi connectivity index (χ2n) is 7.41. The van der Waals surface area contributed by atoms with Crippen molar-refractivity contribution in [1.29, 1.82) is 0 Å². The van der Waals surface area contributed by atoms with Crippen LogP contribution in [-0.2, 0) is 6.42 Å². The Morgan fingerprint density at radius 1 is 1.00 bits per heavy atom. The van der Waals surface area contributed by atoms with Gasteiger partial charge in [0, 0.05) is 19.1 Å². The molecule has 0 spiro atoms. The van der Waals surface area contributed by atoms with E-state index < -0.39 is 0 Å². The Hall–Kier alpha value is -1.06. The Balaban J connectivity index is 1.30. The minimum absolute atomic E-state index is 0.663. The predicted octanol–water partition coefficient (Wildman–Crippen LogP) is 3.63. The Morgan fingerprint density at radius 3 is 2.83 bits per heavy atom. The van der Waals surface area contributed by atoms with E-state index >= 15 is 0 Å². The van der Waals surface area contributed by atoms with E-state index in [1.165, 1.54) is 71.2 Å². The van der Waals surface area contributed by atoms with Crippen LogP contribution >= 0.6 is 0 Å². The molecule has 3 nitrogen and oxygen atoms in total. The lowest BCUT2D eigenvalue weighted by atomic mass is 9.92. The second-order valence-corrected chi connectivity index (χ2v) is 7.41. The van der Waals surface area contributed by atoms with Crippen molar-refractivity contribution in [2.24, 2.45) is 0 Å². The molecule has 4 rings (SSSR count). The molecule has 3 heterocycles. The molecule has 0 N–H and O–H groups in total. The third kappa shape index (κ3) is 3.56. The number of benzene rings is 1.